The molecule has 0 aliphatic carbocycles. The van der Waals surface area contributed by atoms with Crippen molar-refractivity contribution in [3.8, 4) is 0 Å². The van der Waals surface area contributed by atoms with Gasteiger partial charge in [-0.05, 0) is 0 Å². The first-order valence-electron chi connectivity index (χ1n) is 3.80. The monoisotopic (exact) mass is 214 g/mol. The topological polar surface area (TPSA) is 76.0 Å². The zero-order valence-electron chi connectivity index (χ0n) is 8.13. The first kappa shape index (κ1) is 13.0. The van der Waals surface area contributed by atoms with Crippen molar-refractivity contribution in [1.82, 2.24) is 0 Å². The van der Waals surface area contributed by atoms with Crippen LogP contribution in [-0.2, 0) is 13.6 Å². The normalized spacial score (nSPS) is 17.0. The van der Waals surface area contributed by atoms with Gasteiger partial charge in [-0.2, -0.15) is 0 Å². The van der Waals surface area contributed by atoms with Crippen LogP contribution in [0.15, 0.2) is 0 Å². The lowest BCUT2D eigenvalue weighted by Crippen LogP contribution is -2.37. The lowest BCUT2D eigenvalue weighted by atomic mass is 10.5. The molecule has 0 saturated carbocycles. The fourth-order valence-corrected chi connectivity index (χ4v) is 1.07. The highest BCUT2D eigenvalue weighted by atomic mass is 31.2. The lowest BCUT2D eigenvalue weighted by molar-refractivity contribution is -0.870. The predicted octanol–water partition coefficient (Wildman–Crippen LogP) is -0.224. The van der Waals surface area contributed by atoms with Gasteiger partial charge in [0.1, 0.15) is 13.2 Å². The van der Waals surface area contributed by atoms with E-state index in [1.807, 2.05) is 21.1 Å². The van der Waals surface area contributed by atoms with Crippen molar-refractivity contribution in [2.75, 3.05) is 41.1 Å². The van der Waals surface area contributed by atoms with Crippen molar-refractivity contribution in [3.63, 3.8) is 0 Å². The molecule has 0 aromatic heterocycles. The van der Waals surface area contributed by atoms with Crippen molar-refractivity contribution >= 4 is 7.82 Å². The standard InChI is InChI=1S/C6H16NO5P/c1-7(2,3)4-5-11-13(9,10)12-6-8/h8H,4-6H2,1-3H3/p+1. The maximum absolute atomic E-state index is 10.8. The Morgan fingerprint density at radius 1 is 1.31 bits per heavy atom. The van der Waals surface area contributed by atoms with Crippen LogP contribution < -0.4 is 0 Å². The van der Waals surface area contributed by atoms with E-state index in [9.17, 15) is 4.57 Å². The molecule has 1 atom stereocenters. The van der Waals surface area contributed by atoms with Gasteiger partial charge in [-0.3, -0.25) is 9.05 Å². The Balaban J connectivity index is 3.70. The summed E-state index contributed by atoms with van der Waals surface area (Å²) in [6.07, 6.45) is 0. The van der Waals surface area contributed by atoms with Crippen LogP contribution in [0.1, 0.15) is 0 Å². The number of likely N-dealkylation sites (N-methyl/N-ethyl adjacent to an activating group) is 1. The number of phosphoric acid groups is 1. The molecule has 0 fully saturated rings. The maximum Gasteiger partial charge on any atom is 0.474 e. The molecule has 0 spiro atoms. The number of nitrogens with zero attached hydrogens (tertiary/aromatic N) is 1. The molecular formula is C6H17NO5P+. The summed E-state index contributed by atoms with van der Waals surface area (Å²) in [6.45, 7) is -0.130. The Bertz CT molecular complexity index is 190. The van der Waals surface area contributed by atoms with E-state index in [2.05, 4.69) is 9.05 Å². The first-order chi connectivity index (χ1) is 5.77. The summed E-state index contributed by atoms with van der Waals surface area (Å²) in [5, 5.41) is 8.22. The van der Waals surface area contributed by atoms with Crippen LogP contribution in [0.2, 0.25) is 0 Å². The predicted molar refractivity (Wildman–Crippen MR) is 46.8 cm³/mol. The third-order valence-electron chi connectivity index (χ3n) is 1.24. The summed E-state index contributed by atoms with van der Waals surface area (Å²) < 4.78 is 20.1. The first-order valence-corrected chi connectivity index (χ1v) is 5.29. The van der Waals surface area contributed by atoms with Crippen molar-refractivity contribution in [3.05, 3.63) is 0 Å². The maximum atomic E-state index is 10.8. The van der Waals surface area contributed by atoms with E-state index in [4.69, 9.17) is 10.00 Å². The van der Waals surface area contributed by atoms with Gasteiger partial charge in [-0.1, -0.05) is 0 Å². The van der Waals surface area contributed by atoms with E-state index < -0.39 is 14.6 Å². The van der Waals surface area contributed by atoms with Gasteiger partial charge in [-0.15, -0.1) is 0 Å². The highest BCUT2D eigenvalue weighted by Crippen LogP contribution is 2.42. The summed E-state index contributed by atoms with van der Waals surface area (Å²) in [5.41, 5.74) is 0. The Morgan fingerprint density at radius 2 is 1.85 bits per heavy atom. The number of hydrogen-bond acceptors (Lipinski definition) is 4. The molecule has 0 aliphatic rings. The smallest absolute Gasteiger partial charge is 0.370 e. The van der Waals surface area contributed by atoms with Crippen LogP contribution in [0.25, 0.3) is 0 Å². The highest BCUT2D eigenvalue weighted by Gasteiger charge is 2.21. The van der Waals surface area contributed by atoms with Gasteiger partial charge in [0.15, 0.2) is 6.79 Å². The lowest BCUT2D eigenvalue weighted by Gasteiger charge is -2.23. The highest BCUT2D eigenvalue weighted by molar-refractivity contribution is 7.47. The average molecular weight is 214 g/mol. The van der Waals surface area contributed by atoms with Gasteiger partial charge >= 0.3 is 7.82 Å². The third-order valence-corrected chi connectivity index (χ3v) is 2.19. The fourth-order valence-electron chi connectivity index (χ4n) is 0.540. The molecule has 0 radical (unpaired) electrons. The van der Waals surface area contributed by atoms with E-state index in [1.165, 1.54) is 0 Å². The zero-order chi connectivity index (χ0) is 10.5. The molecule has 2 N–H and O–H groups in total. The zero-order valence-corrected chi connectivity index (χ0v) is 9.03. The van der Waals surface area contributed by atoms with Crippen LogP contribution in [0.3, 0.4) is 0 Å². The van der Waals surface area contributed by atoms with E-state index in [0.29, 0.717) is 11.0 Å². The Kier molecular flexibility index (Phi) is 5.06. The molecule has 0 aromatic rings. The number of hydrogen-bond donors (Lipinski definition) is 2. The molecule has 0 heterocycles. The summed E-state index contributed by atoms with van der Waals surface area (Å²) in [6, 6.07) is 0. The second-order valence-corrected chi connectivity index (χ2v) is 5.03. The number of phosphoric ester groups is 1. The minimum absolute atomic E-state index is 0.108. The van der Waals surface area contributed by atoms with Crippen LogP contribution in [0.4, 0.5) is 0 Å². The van der Waals surface area contributed by atoms with Crippen molar-refractivity contribution in [1.29, 1.82) is 0 Å². The molecule has 0 rings (SSSR count). The Hall–Kier alpha value is 0.0300. The van der Waals surface area contributed by atoms with Crippen molar-refractivity contribution < 1.29 is 28.1 Å². The quantitative estimate of drug-likeness (QED) is 0.363. The minimum atomic E-state index is -4.04. The Labute approximate surface area is 77.9 Å². The molecule has 0 bridgehead atoms. The largest absolute Gasteiger partial charge is 0.474 e. The summed E-state index contributed by atoms with van der Waals surface area (Å²) >= 11 is 0. The van der Waals surface area contributed by atoms with Gasteiger partial charge in [0.2, 0.25) is 0 Å². The number of rotatable bonds is 6. The van der Waals surface area contributed by atoms with E-state index >= 15 is 0 Å². The van der Waals surface area contributed by atoms with Gasteiger partial charge < -0.3 is 14.5 Å². The molecule has 13 heavy (non-hydrogen) atoms. The summed E-state index contributed by atoms with van der Waals surface area (Å²) in [4.78, 5) is 8.86. The molecular weight excluding hydrogens is 197 g/mol. The molecule has 80 valence electrons. The van der Waals surface area contributed by atoms with Crippen molar-refractivity contribution in [2.24, 2.45) is 0 Å². The van der Waals surface area contributed by atoms with E-state index in [1.54, 1.807) is 0 Å². The number of aliphatic hydroxyl groups is 1. The molecule has 0 amide bonds. The van der Waals surface area contributed by atoms with Crippen LogP contribution in [-0.4, -0.2) is 55.6 Å². The minimum Gasteiger partial charge on any atom is -0.370 e. The van der Waals surface area contributed by atoms with Gasteiger partial charge in [-0.25, -0.2) is 4.57 Å². The van der Waals surface area contributed by atoms with Crippen LogP contribution in [0, 0.1) is 0 Å². The second kappa shape index (κ2) is 5.05. The fraction of sp³-hybridized carbons (Fsp3) is 1.00. The average Bonchev–Trinajstić information content (AvgIpc) is 1.82. The number of aliphatic hydroxyl groups excluding tert-OH is 1. The van der Waals surface area contributed by atoms with Crippen LogP contribution in [0.5, 0.6) is 0 Å². The number of quaternary nitrogens is 1. The Morgan fingerprint density at radius 3 is 2.23 bits per heavy atom. The third kappa shape index (κ3) is 8.36. The molecule has 6 nitrogen and oxygen atoms in total. The molecule has 1 unspecified atom stereocenters. The van der Waals surface area contributed by atoms with E-state index in [0.717, 1.165) is 0 Å². The second-order valence-electron chi connectivity index (χ2n) is 3.57. The molecule has 0 saturated heterocycles. The van der Waals surface area contributed by atoms with Crippen molar-refractivity contribution in [2.45, 2.75) is 0 Å². The SMILES string of the molecule is C[N+](C)(C)CCOP(=O)(O)OCO. The van der Waals surface area contributed by atoms with E-state index in [-0.39, 0.29) is 6.61 Å². The molecule has 0 aliphatic heterocycles. The molecule has 7 heteroatoms. The van der Waals surface area contributed by atoms with Crippen LogP contribution >= 0.6 is 7.82 Å². The summed E-state index contributed by atoms with van der Waals surface area (Å²) in [5.74, 6) is 0. The molecule has 0 aromatic carbocycles. The summed E-state index contributed by atoms with van der Waals surface area (Å²) in [7, 11) is 1.75. The van der Waals surface area contributed by atoms with Gasteiger partial charge in [0.25, 0.3) is 0 Å². The van der Waals surface area contributed by atoms with Gasteiger partial charge in [0.05, 0.1) is 21.1 Å². The van der Waals surface area contributed by atoms with Gasteiger partial charge in [0, 0.05) is 0 Å².